The van der Waals surface area contributed by atoms with Gasteiger partial charge in [0.1, 0.15) is 11.4 Å². The summed E-state index contributed by atoms with van der Waals surface area (Å²) in [5.41, 5.74) is 4.17. The van der Waals surface area contributed by atoms with Crippen molar-refractivity contribution >= 4 is 23.4 Å². The molecule has 0 unspecified atom stereocenters. The predicted molar refractivity (Wildman–Crippen MR) is 129 cm³/mol. The van der Waals surface area contributed by atoms with Gasteiger partial charge < -0.3 is 9.64 Å². The third-order valence-corrected chi connectivity index (χ3v) is 5.78. The highest BCUT2D eigenvalue weighted by Crippen LogP contribution is 2.24. The zero-order valence-corrected chi connectivity index (χ0v) is 19.3. The number of aromatic nitrogens is 1. The largest absolute Gasteiger partial charge is 0.459 e. The summed E-state index contributed by atoms with van der Waals surface area (Å²) in [5.74, 6) is 0.395. The van der Waals surface area contributed by atoms with Gasteiger partial charge in [-0.2, -0.15) is 0 Å². The number of anilines is 1. The third kappa shape index (κ3) is 5.47. The van der Waals surface area contributed by atoms with E-state index in [1.165, 1.54) is 11.1 Å². The summed E-state index contributed by atoms with van der Waals surface area (Å²) in [5, 5.41) is 0.747. The second-order valence-electron chi connectivity index (χ2n) is 8.30. The van der Waals surface area contributed by atoms with Crippen LogP contribution in [0.4, 0.5) is 5.82 Å². The Balaban J connectivity index is 1.40. The fourth-order valence-electron chi connectivity index (χ4n) is 3.95. The number of pyridine rings is 1. The number of carbonyl (C=O) groups excluding carboxylic acids is 1. The van der Waals surface area contributed by atoms with Gasteiger partial charge in [0.05, 0.1) is 6.10 Å². The highest BCUT2D eigenvalue weighted by Gasteiger charge is 2.23. The maximum absolute atomic E-state index is 12.5. The maximum atomic E-state index is 12.5. The molecule has 3 aromatic rings. The number of benzene rings is 2. The number of hydrogen-bond acceptors (Lipinski definition) is 5. The van der Waals surface area contributed by atoms with Crippen LogP contribution in [0.2, 0.25) is 5.02 Å². The van der Waals surface area contributed by atoms with Gasteiger partial charge in [-0.15, -0.1) is 0 Å². The number of carbonyl (C=O) groups is 1. The topological polar surface area (TPSA) is 45.7 Å². The van der Waals surface area contributed by atoms with E-state index < -0.39 is 0 Å². The van der Waals surface area contributed by atoms with Crippen molar-refractivity contribution in [2.24, 2.45) is 0 Å². The van der Waals surface area contributed by atoms with Crippen LogP contribution in [-0.2, 0) is 11.3 Å². The lowest BCUT2D eigenvalue weighted by molar-refractivity contribution is 0.0378. The van der Waals surface area contributed by atoms with Crippen LogP contribution in [-0.4, -0.2) is 48.1 Å². The highest BCUT2D eigenvalue weighted by atomic mass is 35.5. The molecular formula is C26H28ClN3O2. The molecule has 6 heteroatoms. The second-order valence-corrected chi connectivity index (χ2v) is 8.74. The van der Waals surface area contributed by atoms with Crippen molar-refractivity contribution in [1.82, 2.24) is 9.88 Å². The molecule has 2 aromatic carbocycles. The molecule has 1 aromatic heterocycles. The monoisotopic (exact) mass is 449 g/mol. The van der Waals surface area contributed by atoms with E-state index in [0.717, 1.165) is 43.3 Å². The molecule has 1 fully saturated rings. The van der Waals surface area contributed by atoms with Crippen LogP contribution in [0.5, 0.6) is 0 Å². The molecule has 0 amide bonds. The summed E-state index contributed by atoms with van der Waals surface area (Å²) in [6.45, 7) is 8.04. The first-order chi connectivity index (χ1) is 15.5. The normalized spacial score (nSPS) is 14.6. The smallest absolute Gasteiger partial charge is 0.342 e. The van der Waals surface area contributed by atoms with Crippen molar-refractivity contribution in [3.8, 4) is 11.1 Å². The molecule has 1 saturated heterocycles. The van der Waals surface area contributed by atoms with E-state index in [-0.39, 0.29) is 12.1 Å². The molecule has 5 nitrogen and oxygen atoms in total. The first-order valence-electron chi connectivity index (χ1n) is 11.0. The molecule has 0 bridgehead atoms. The van der Waals surface area contributed by atoms with Crippen LogP contribution in [0, 0.1) is 0 Å². The van der Waals surface area contributed by atoms with E-state index in [9.17, 15) is 4.79 Å². The Morgan fingerprint density at radius 1 is 1.00 bits per heavy atom. The van der Waals surface area contributed by atoms with Gasteiger partial charge in [-0.1, -0.05) is 41.9 Å². The number of ether oxygens (including phenoxy) is 1. The van der Waals surface area contributed by atoms with Gasteiger partial charge in [0.25, 0.3) is 0 Å². The van der Waals surface area contributed by atoms with Crippen LogP contribution in [0.25, 0.3) is 11.1 Å². The Morgan fingerprint density at radius 3 is 2.47 bits per heavy atom. The summed E-state index contributed by atoms with van der Waals surface area (Å²) in [7, 11) is 0. The molecule has 0 saturated carbocycles. The zero-order valence-electron chi connectivity index (χ0n) is 18.5. The number of esters is 1. The summed E-state index contributed by atoms with van der Waals surface area (Å²) in [4.78, 5) is 21.6. The van der Waals surface area contributed by atoms with Crippen molar-refractivity contribution in [3.05, 3.63) is 83.0 Å². The van der Waals surface area contributed by atoms with Gasteiger partial charge >= 0.3 is 5.97 Å². The summed E-state index contributed by atoms with van der Waals surface area (Å²) < 4.78 is 5.40. The molecule has 1 aliphatic rings. The van der Waals surface area contributed by atoms with Crippen LogP contribution in [0.3, 0.4) is 0 Å². The molecule has 1 aliphatic heterocycles. The molecule has 4 rings (SSSR count). The fraction of sp³-hybridized carbons (Fsp3) is 0.308. The Morgan fingerprint density at radius 2 is 1.75 bits per heavy atom. The summed E-state index contributed by atoms with van der Waals surface area (Å²) in [6.07, 6.45) is 1.58. The lowest BCUT2D eigenvalue weighted by atomic mass is 10.0. The molecular weight excluding hydrogens is 422 g/mol. The van der Waals surface area contributed by atoms with Crippen LogP contribution in [0.1, 0.15) is 29.8 Å². The fourth-order valence-corrected chi connectivity index (χ4v) is 4.08. The van der Waals surface area contributed by atoms with Crippen LogP contribution in [0.15, 0.2) is 66.9 Å². The number of nitrogens with zero attached hydrogens (tertiary/aromatic N) is 3. The van der Waals surface area contributed by atoms with Crippen molar-refractivity contribution in [3.63, 3.8) is 0 Å². The van der Waals surface area contributed by atoms with Gasteiger partial charge in [-0.3, -0.25) is 4.90 Å². The molecule has 0 radical (unpaired) electrons. The lowest BCUT2D eigenvalue weighted by Crippen LogP contribution is -2.46. The third-order valence-electron chi connectivity index (χ3n) is 5.53. The first kappa shape index (κ1) is 22.3. The molecule has 32 heavy (non-hydrogen) atoms. The van der Waals surface area contributed by atoms with Crippen molar-refractivity contribution in [2.75, 3.05) is 31.1 Å². The second kappa shape index (κ2) is 10.2. The molecule has 166 valence electrons. The van der Waals surface area contributed by atoms with Crippen molar-refractivity contribution in [2.45, 2.75) is 26.5 Å². The van der Waals surface area contributed by atoms with Gasteiger partial charge in [0.2, 0.25) is 0 Å². The zero-order chi connectivity index (χ0) is 22.5. The SMILES string of the molecule is CC(C)OC(=O)c1cccnc1N1CCN(Cc2cccc(-c3ccc(Cl)cc3)c2)CC1. The Labute approximate surface area is 194 Å². The Hall–Kier alpha value is -2.89. The standard InChI is InChI=1S/C26H28ClN3O2/c1-19(2)32-26(31)24-7-4-12-28-25(24)30-15-13-29(14-16-30)18-20-5-3-6-22(17-20)21-8-10-23(27)11-9-21/h3-12,17,19H,13-16,18H2,1-2H3. The molecule has 2 heterocycles. The quantitative estimate of drug-likeness (QED) is 0.478. The maximum Gasteiger partial charge on any atom is 0.342 e. The predicted octanol–water partition coefficient (Wildman–Crippen LogP) is 5.29. The summed E-state index contributed by atoms with van der Waals surface area (Å²) >= 11 is 6.02. The van der Waals surface area contributed by atoms with E-state index in [1.807, 2.05) is 26.0 Å². The number of rotatable bonds is 6. The Kier molecular flexibility index (Phi) is 7.08. The molecule has 0 spiro atoms. The number of hydrogen-bond donors (Lipinski definition) is 0. The molecule has 0 N–H and O–H groups in total. The number of piperazine rings is 1. The number of halogens is 1. The van der Waals surface area contributed by atoms with Gasteiger partial charge in [-0.05, 0) is 60.9 Å². The minimum absolute atomic E-state index is 0.156. The van der Waals surface area contributed by atoms with Gasteiger partial charge in [-0.25, -0.2) is 9.78 Å². The van der Waals surface area contributed by atoms with Crippen molar-refractivity contribution < 1.29 is 9.53 Å². The van der Waals surface area contributed by atoms with E-state index in [2.05, 4.69) is 51.2 Å². The minimum atomic E-state index is -0.315. The van der Waals surface area contributed by atoms with Crippen molar-refractivity contribution in [1.29, 1.82) is 0 Å². The lowest BCUT2D eigenvalue weighted by Gasteiger charge is -2.36. The average molecular weight is 450 g/mol. The minimum Gasteiger partial charge on any atom is -0.459 e. The summed E-state index contributed by atoms with van der Waals surface area (Å²) in [6, 6.07) is 20.2. The van der Waals surface area contributed by atoms with Gasteiger partial charge in [0.15, 0.2) is 0 Å². The van der Waals surface area contributed by atoms with E-state index >= 15 is 0 Å². The molecule has 0 atom stereocenters. The van der Waals surface area contributed by atoms with E-state index in [0.29, 0.717) is 11.4 Å². The first-order valence-corrected chi connectivity index (χ1v) is 11.4. The van der Waals surface area contributed by atoms with E-state index in [1.54, 1.807) is 18.3 Å². The van der Waals surface area contributed by atoms with Crippen LogP contribution < -0.4 is 4.90 Å². The highest BCUT2D eigenvalue weighted by molar-refractivity contribution is 6.30. The van der Waals surface area contributed by atoms with Crippen LogP contribution >= 0.6 is 11.6 Å². The van der Waals surface area contributed by atoms with Gasteiger partial charge in [0, 0.05) is 43.9 Å². The molecule has 0 aliphatic carbocycles. The Bertz CT molecular complexity index is 1060. The van der Waals surface area contributed by atoms with E-state index in [4.69, 9.17) is 16.3 Å². The average Bonchev–Trinajstić information content (AvgIpc) is 2.80.